The average molecular weight is 236 g/mol. The van der Waals surface area contributed by atoms with Crippen molar-refractivity contribution in [3.63, 3.8) is 0 Å². The van der Waals surface area contributed by atoms with Crippen molar-refractivity contribution in [2.45, 2.75) is 6.92 Å². The number of para-hydroxylation sites is 1. The fourth-order valence-corrected chi connectivity index (χ4v) is 1.55. The highest BCUT2D eigenvalue weighted by Gasteiger charge is 2.08. The number of benzene rings is 1. The molecule has 0 fully saturated rings. The third kappa shape index (κ3) is 3.72. The first-order valence-electron chi connectivity index (χ1n) is 5.50. The van der Waals surface area contributed by atoms with Gasteiger partial charge in [-0.25, -0.2) is 10.8 Å². The second-order valence-electron chi connectivity index (χ2n) is 3.69. The molecule has 1 rings (SSSR count). The number of hydrazine groups is 1. The number of nitrogens with one attached hydrogen (secondary N) is 1. The molecule has 1 aromatic rings. The van der Waals surface area contributed by atoms with Crippen LogP contribution in [-0.4, -0.2) is 33.3 Å². The van der Waals surface area contributed by atoms with Crippen LogP contribution in [0.25, 0.3) is 0 Å². The molecule has 0 radical (unpaired) electrons. The lowest BCUT2D eigenvalue weighted by Crippen LogP contribution is -2.43. The van der Waals surface area contributed by atoms with E-state index in [-0.39, 0.29) is 0 Å². The predicted octanol–water partition coefficient (Wildman–Crippen LogP) is 0.897. The van der Waals surface area contributed by atoms with Crippen LogP contribution in [0.15, 0.2) is 29.3 Å². The molecular weight excluding hydrogens is 216 g/mol. The summed E-state index contributed by atoms with van der Waals surface area (Å²) in [5.74, 6) is 6.10. The number of hydrogen-bond acceptors (Lipinski definition) is 3. The van der Waals surface area contributed by atoms with Gasteiger partial charge in [-0.2, -0.15) is 0 Å². The van der Waals surface area contributed by atoms with Crippen molar-refractivity contribution >= 4 is 11.6 Å². The summed E-state index contributed by atoms with van der Waals surface area (Å²) in [6, 6.07) is 8.07. The maximum absolute atomic E-state index is 5.48. The van der Waals surface area contributed by atoms with E-state index in [4.69, 9.17) is 10.6 Å². The van der Waals surface area contributed by atoms with Crippen molar-refractivity contribution in [2.75, 3.05) is 32.2 Å². The molecule has 0 aliphatic heterocycles. The number of nitrogens with two attached hydrogens (primary N) is 1. The number of methoxy groups -OCH3 is 1. The number of aryl methyl sites for hydroxylation is 1. The molecule has 0 aliphatic rings. The molecule has 94 valence electrons. The summed E-state index contributed by atoms with van der Waals surface area (Å²) in [4.78, 5) is 6.25. The molecule has 0 heterocycles. The van der Waals surface area contributed by atoms with Gasteiger partial charge in [0.1, 0.15) is 0 Å². The molecule has 0 aliphatic carbocycles. The van der Waals surface area contributed by atoms with Gasteiger partial charge in [0, 0.05) is 19.8 Å². The average Bonchev–Trinajstić information content (AvgIpc) is 2.35. The Balaban J connectivity index is 2.82. The Morgan fingerprint density at radius 2 is 2.18 bits per heavy atom. The normalized spacial score (nSPS) is 11.4. The van der Waals surface area contributed by atoms with Gasteiger partial charge in [0.05, 0.1) is 13.2 Å². The number of hydrogen-bond donors (Lipinski definition) is 2. The second kappa shape index (κ2) is 6.88. The molecular formula is C12H20N4O. The van der Waals surface area contributed by atoms with Crippen LogP contribution in [0.1, 0.15) is 5.56 Å². The van der Waals surface area contributed by atoms with E-state index >= 15 is 0 Å². The SMILES string of the molecule is COCCN=C(NN)N(C)c1ccccc1C. The Labute approximate surface area is 102 Å². The Hall–Kier alpha value is -1.59. The van der Waals surface area contributed by atoms with Crippen molar-refractivity contribution in [1.82, 2.24) is 5.43 Å². The number of guanidine groups is 1. The van der Waals surface area contributed by atoms with Crippen molar-refractivity contribution in [3.8, 4) is 0 Å². The van der Waals surface area contributed by atoms with Crippen molar-refractivity contribution in [3.05, 3.63) is 29.8 Å². The number of anilines is 1. The largest absolute Gasteiger partial charge is 0.383 e. The van der Waals surface area contributed by atoms with E-state index in [9.17, 15) is 0 Å². The van der Waals surface area contributed by atoms with E-state index < -0.39 is 0 Å². The molecule has 5 heteroatoms. The van der Waals surface area contributed by atoms with Gasteiger partial charge in [0.25, 0.3) is 0 Å². The fraction of sp³-hybridized carbons (Fsp3) is 0.417. The molecule has 5 nitrogen and oxygen atoms in total. The number of rotatable bonds is 4. The molecule has 0 bridgehead atoms. The molecule has 0 spiro atoms. The lowest BCUT2D eigenvalue weighted by molar-refractivity contribution is 0.208. The molecule has 1 aromatic carbocycles. The third-order valence-electron chi connectivity index (χ3n) is 2.48. The van der Waals surface area contributed by atoms with Crippen molar-refractivity contribution in [2.24, 2.45) is 10.8 Å². The molecule has 0 aromatic heterocycles. The lowest BCUT2D eigenvalue weighted by atomic mass is 10.2. The molecule has 0 amide bonds. The summed E-state index contributed by atoms with van der Waals surface area (Å²) in [6.45, 7) is 3.20. The summed E-state index contributed by atoms with van der Waals surface area (Å²) in [5.41, 5.74) is 4.85. The zero-order chi connectivity index (χ0) is 12.7. The highest BCUT2D eigenvalue weighted by atomic mass is 16.5. The summed E-state index contributed by atoms with van der Waals surface area (Å²) in [7, 11) is 3.57. The molecule has 3 N–H and O–H groups in total. The van der Waals surface area contributed by atoms with Crippen LogP contribution in [0.3, 0.4) is 0 Å². The molecule has 0 atom stereocenters. The van der Waals surface area contributed by atoms with E-state index in [0.717, 1.165) is 5.69 Å². The highest BCUT2D eigenvalue weighted by molar-refractivity contribution is 5.95. The first-order valence-corrected chi connectivity index (χ1v) is 5.50. The van der Waals surface area contributed by atoms with Gasteiger partial charge >= 0.3 is 0 Å². The fourth-order valence-electron chi connectivity index (χ4n) is 1.55. The van der Waals surface area contributed by atoms with Gasteiger partial charge in [0.15, 0.2) is 0 Å². The molecule has 0 saturated carbocycles. The van der Waals surface area contributed by atoms with Gasteiger partial charge in [0.2, 0.25) is 5.96 Å². The lowest BCUT2D eigenvalue weighted by Gasteiger charge is -2.22. The number of aliphatic imine (C=N–C) groups is 1. The summed E-state index contributed by atoms with van der Waals surface area (Å²) in [6.07, 6.45) is 0. The summed E-state index contributed by atoms with van der Waals surface area (Å²) >= 11 is 0. The van der Waals surface area contributed by atoms with Crippen LogP contribution >= 0.6 is 0 Å². The Bertz CT molecular complexity index is 379. The number of nitrogens with zero attached hydrogens (tertiary/aromatic N) is 2. The maximum atomic E-state index is 5.48. The van der Waals surface area contributed by atoms with Crippen molar-refractivity contribution < 1.29 is 4.74 Å². The maximum Gasteiger partial charge on any atom is 0.212 e. The second-order valence-corrected chi connectivity index (χ2v) is 3.69. The van der Waals surface area contributed by atoms with E-state index in [1.807, 2.05) is 30.1 Å². The van der Waals surface area contributed by atoms with E-state index in [2.05, 4.69) is 23.4 Å². The zero-order valence-electron chi connectivity index (χ0n) is 10.6. The van der Waals surface area contributed by atoms with Crippen LogP contribution in [0.4, 0.5) is 5.69 Å². The molecule has 0 unspecified atom stereocenters. The highest BCUT2D eigenvalue weighted by Crippen LogP contribution is 2.17. The summed E-state index contributed by atoms with van der Waals surface area (Å²) < 4.78 is 4.95. The van der Waals surface area contributed by atoms with E-state index in [1.54, 1.807) is 7.11 Å². The third-order valence-corrected chi connectivity index (χ3v) is 2.48. The zero-order valence-corrected chi connectivity index (χ0v) is 10.6. The summed E-state index contributed by atoms with van der Waals surface area (Å²) in [5, 5.41) is 0. The smallest absolute Gasteiger partial charge is 0.212 e. The van der Waals surface area contributed by atoms with Crippen LogP contribution in [0.2, 0.25) is 0 Å². The predicted molar refractivity (Wildman–Crippen MR) is 71.1 cm³/mol. The topological polar surface area (TPSA) is 62.9 Å². The van der Waals surface area contributed by atoms with E-state index in [0.29, 0.717) is 19.1 Å². The monoisotopic (exact) mass is 236 g/mol. The van der Waals surface area contributed by atoms with Crippen LogP contribution < -0.4 is 16.2 Å². The minimum absolute atomic E-state index is 0.576. The van der Waals surface area contributed by atoms with Gasteiger partial charge in [-0.15, -0.1) is 0 Å². The Kier molecular flexibility index (Phi) is 5.45. The van der Waals surface area contributed by atoms with Crippen LogP contribution in [0, 0.1) is 6.92 Å². The van der Waals surface area contributed by atoms with Gasteiger partial charge in [-0.3, -0.25) is 5.43 Å². The standard InChI is InChI=1S/C12H20N4O/c1-10-6-4-5-7-11(10)16(2)12(15-13)14-8-9-17-3/h4-7H,8-9,13H2,1-3H3,(H,14,15). The minimum Gasteiger partial charge on any atom is -0.383 e. The van der Waals surface area contributed by atoms with Gasteiger partial charge < -0.3 is 9.64 Å². The quantitative estimate of drug-likeness (QED) is 0.268. The van der Waals surface area contributed by atoms with Crippen molar-refractivity contribution in [1.29, 1.82) is 0 Å². The Morgan fingerprint density at radius 1 is 1.47 bits per heavy atom. The van der Waals surface area contributed by atoms with Crippen LogP contribution in [-0.2, 0) is 4.74 Å². The Morgan fingerprint density at radius 3 is 2.76 bits per heavy atom. The molecule has 17 heavy (non-hydrogen) atoms. The minimum atomic E-state index is 0.576. The number of ether oxygens (including phenoxy) is 1. The van der Waals surface area contributed by atoms with E-state index in [1.165, 1.54) is 5.56 Å². The molecule has 0 saturated heterocycles. The van der Waals surface area contributed by atoms with Gasteiger partial charge in [-0.05, 0) is 18.6 Å². The first-order chi connectivity index (χ1) is 8.20. The van der Waals surface area contributed by atoms with Gasteiger partial charge in [-0.1, -0.05) is 18.2 Å². The van der Waals surface area contributed by atoms with Crippen LogP contribution in [0.5, 0.6) is 0 Å². The first kappa shape index (κ1) is 13.5.